The van der Waals surface area contributed by atoms with E-state index in [0.29, 0.717) is 0 Å². The Bertz CT molecular complexity index is 361. The molecule has 0 amide bonds. The molecule has 1 aromatic rings. The van der Waals surface area contributed by atoms with Gasteiger partial charge in [0.1, 0.15) is 17.1 Å². The summed E-state index contributed by atoms with van der Waals surface area (Å²) >= 11 is 0. The molecule has 4 heteroatoms. The van der Waals surface area contributed by atoms with Crippen molar-refractivity contribution in [3.63, 3.8) is 0 Å². The second kappa shape index (κ2) is 4.77. The molecular weight excluding hydrogens is 199 g/mol. The Morgan fingerprint density at radius 2 is 2.07 bits per heavy atom. The minimum Gasteiger partial charge on any atom is -0.496 e. The fraction of sp³-hybridized carbons (Fsp3) is 0.364. The third-order valence-corrected chi connectivity index (χ3v) is 1.74. The van der Waals surface area contributed by atoms with Crippen molar-refractivity contribution in [3.05, 3.63) is 29.6 Å². The smallest absolute Gasteiger partial charge is 0.345 e. The van der Waals surface area contributed by atoms with Crippen LogP contribution in [0, 0.1) is 5.82 Å². The normalized spacial score (nSPS) is 10.2. The minimum atomic E-state index is -0.708. The molecule has 15 heavy (non-hydrogen) atoms. The predicted octanol–water partition coefficient (Wildman–Crippen LogP) is 2.40. The predicted molar refractivity (Wildman–Crippen MR) is 53.5 cm³/mol. The number of rotatable bonds is 3. The maximum absolute atomic E-state index is 13.4. The molecule has 0 N–H and O–H groups in total. The van der Waals surface area contributed by atoms with Gasteiger partial charge in [0.05, 0.1) is 13.2 Å². The van der Waals surface area contributed by atoms with Gasteiger partial charge < -0.3 is 9.47 Å². The first kappa shape index (κ1) is 11.5. The summed E-state index contributed by atoms with van der Waals surface area (Å²) in [6.07, 6.45) is -0.290. The van der Waals surface area contributed by atoms with Crippen molar-refractivity contribution >= 4 is 5.97 Å². The molecule has 1 rings (SSSR count). The lowest BCUT2D eigenvalue weighted by Gasteiger charge is -2.11. The molecule has 0 unspecified atom stereocenters. The molecule has 0 radical (unpaired) electrons. The molecule has 0 aliphatic carbocycles. The van der Waals surface area contributed by atoms with Crippen LogP contribution in [0.2, 0.25) is 0 Å². The van der Waals surface area contributed by atoms with Gasteiger partial charge in [0.15, 0.2) is 0 Å². The molecule has 82 valence electrons. The Balaban J connectivity index is 3.06. The zero-order valence-corrected chi connectivity index (χ0v) is 8.91. The highest BCUT2D eigenvalue weighted by Gasteiger charge is 2.19. The van der Waals surface area contributed by atoms with Gasteiger partial charge in [0.25, 0.3) is 0 Å². The Hall–Kier alpha value is -1.58. The van der Waals surface area contributed by atoms with Gasteiger partial charge in [-0.3, -0.25) is 0 Å². The zero-order chi connectivity index (χ0) is 11.4. The number of halogens is 1. The first-order chi connectivity index (χ1) is 7.06. The van der Waals surface area contributed by atoms with Gasteiger partial charge in [-0.25, -0.2) is 9.18 Å². The van der Waals surface area contributed by atoms with E-state index in [-0.39, 0.29) is 17.4 Å². The summed E-state index contributed by atoms with van der Waals surface area (Å²) in [5.74, 6) is -1.17. The zero-order valence-electron chi connectivity index (χ0n) is 8.91. The van der Waals surface area contributed by atoms with E-state index in [4.69, 9.17) is 9.47 Å². The largest absolute Gasteiger partial charge is 0.496 e. The van der Waals surface area contributed by atoms with Crippen LogP contribution in [0.25, 0.3) is 0 Å². The summed E-state index contributed by atoms with van der Waals surface area (Å²) in [6.45, 7) is 3.40. The van der Waals surface area contributed by atoms with E-state index in [1.54, 1.807) is 13.8 Å². The molecule has 0 aliphatic rings. The monoisotopic (exact) mass is 212 g/mol. The molecule has 0 aromatic heterocycles. The minimum absolute atomic E-state index is 0.159. The van der Waals surface area contributed by atoms with Crippen LogP contribution in [0.15, 0.2) is 18.2 Å². The van der Waals surface area contributed by atoms with Gasteiger partial charge in [-0.05, 0) is 26.0 Å². The Labute approximate surface area is 87.8 Å². The number of methoxy groups -OCH3 is 1. The Morgan fingerprint density at radius 3 is 2.60 bits per heavy atom. The van der Waals surface area contributed by atoms with Crippen LogP contribution >= 0.6 is 0 Å². The lowest BCUT2D eigenvalue weighted by atomic mass is 10.2. The van der Waals surface area contributed by atoms with Gasteiger partial charge in [0, 0.05) is 0 Å². The number of ether oxygens (including phenoxy) is 2. The van der Waals surface area contributed by atoms with Gasteiger partial charge in [-0.15, -0.1) is 0 Å². The van der Waals surface area contributed by atoms with E-state index in [9.17, 15) is 9.18 Å². The van der Waals surface area contributed by atoms with Crippen LogP contribution in [0.3, 0.4) is 0 Å². The van der Waals surface area contributed by atoms with Crippen LogP contribution in [0.5, 0.6) is 5.75 Å². The summed E-state index contributed by atoms with van der Waals surface area (Å²) in [6, 6.07) is 4.18. The van der Waals surface area contributed by atoms with Crippen LogP contribution in [-0.2, 0) is 4.74 Å². The van der Waals surface area contributed by atoms with E-state index in [1.807, 2.05) is 0 Å². The van der Waals surface area contributed by atoms with Crippen molar-refractivity contribution in [2.24, 2.45) is 0 Å². The van der Waals surface area contributed by atoms with Gasteiger partial charge in [-0.2, -0.15) is 0 Å². The number of carbonyl (C=O) groups is 1. The summed E-state index contributed by atoms with van der Waals surface area (Å²) in [4.78, 5) is 11.5. The van der Waals surface area contributed by atoms with Crippen LogP contribution < -0.4 is 4.74 Å². The number of carbonyl (C=O) groups excluding carboxylic acids is 1. The Morgan fingerprint density at radius 1 is 1.40 bits per heavy atom. The van der Waals surface area contributed by atoms with Crippen LogP contribution in [0.4, 0.5) is 4.39 Å². The molecule has 1 aromatic carbocycles. The molecule has 0 bridgehead atoms. The molecule has 0 fully saturated rings. The van der Waals surface area contributed by atoms with Crippen molar-refractivity contribution in [2.75, 3.05) is 7.11 Å². The van der Waals surface area contributed by atoms with E-state index in [1.165, 1.54) is 25.3 Å². The van der Waals surface area contributed by atoms with E-state index in [2.05, 4.69) is 0 Å². The molecule has 0 aliphatic heterocycles. The molecular formula is C11H13FO3. The molecule has 0 heterocycles. The maximum atomic E-state index is 13.4. The van der Waals surface area contributed by atoms with Gasteiger partial charge in [-0.1, -0.05) is 6.07 Å². The summed E-state index contributed by atoms with van der Waals surface area (Å²) < 4.78 is 23.1. The second-order valence-corrected chi connectivity index (χ2v) is 3.27. The SMILES string of the molecule is COc1cccc(F)c1C(=O)OC(C)C. The average Bonchev–Trinajstić information content (AvgIpc) is 2.15. The van der Waals surface area contributed by atoms with Crippen LogP contribution in [-0.4, -0.2) is 19.2 Å². The topological polar surface area (TPSA) is 35.5 Å². The lowest BCUT2D eigenvalue weighted by molar-refractivity contribution is 0.0369. The number of hydrogen-bond donors (Lipinski definition) is 0. The molecule has 3 nitrogen and oxygen atoms in total. The molecule has 0 atom stereocenters. The lowest BCUT2D eigenvalue weighted by Crippen LogP contribution is -2.14. The highest BCUT2D eigenvalue weighted by atomic mass is 19.1. The quantitative estimate of drug-likeness (QED) is 0.722. The molecule has 0 saturated carbocycles. The van der Waals surface area contributed by atoms with Gasteiger partial charge in [0.2, 0.25) is 0 Å². The fourth-order valence-corrected chi connectivity index (χ4v) is 1.15. The third-order valence-electron chi connectivity index (χ3n) is 1.74. The van der Waals surface area contributed by atoms with E-state index >= 15 is 0 Å². The second-order valence-electron chi connectivity index (χ2n) is 3.27. The van der Waals surface area contributed by atoms with Crippen molar-refractivity contribution in [2.45, 2.75) is 20.0 Å². The Kier molecular flexibility index (Phi) is 3.66. The highest BCUT2D eigenvalue weighted by Crippen LogP contribution is 2.22. The van der Waals surface area contributed by atoms with E-state index in [0.717, 1.165) is 0 Å². The maximum Gasteiger partial charge on any atom is 0.345 e. The number of esters is 1. The third kappa shape index (κ3) is 2.68. The van der Waals surface area contributed by atoms with Crippen LogP contribution in [0.1, 0.15) is 24.2 Å². The summed E-state index contributed by atoms with van der Waals surface area (Å²) in [7, 11) is 1.38. The highest BCUT2D eigenvalue weighted by molar-refractivity contribution is 5.92. The van der Waals surface area contributed by atoms with Crippen molar-refractivity contribution in [1.82, 2.24) is 0 Å². The molecule has 0 saturated heterocycles. The average molecular weight is 212 g/mol. The van der Waals surface area contributed by atoms with Crippen molar-refractivity contribution in [3.8, 4) is 5.75 Å². The van der Waals surface area contributed by atoms with Crippen molar-refractivity contribution in [1.29, 1.82) is 0 Å². The standard InChI is InChI=1S/C11H13FO3/c1-7(2)15-11(13)10-8(12)5-4-6-9(10)14-3/h4-7H,1-3H3. The summed E-state index contributed by atoms with van der Waals surface area (Å²) in [5.41, 5.74) is -0.159. The first-order valence-corrected chi connectivity index (χ1v) is 4.59. The van der Waals surface area contributed by atoms with E-state index < -0.39 is 11.8 Å². The number of hydrogen-bond acceptors (Lipinski definition) is 3. The fourth-order valence-electron chi connectivity index (χ4n) is 1.15. The summed E-state index contributed by atoms with van der Waals surface area (Å²) in [5, 5.41) is 0. The van der Waals surface area contributed by atoms with Crippen molar-refractivity contribution < 1.29 is 18.7 Å². The van der Waals surface area contributed by atoms with Gasteiger partial charge >= 0.3 is 5.97 Å². The number of benzene rings is 1. The molecule has 0 spiro atoms. The first-order valence-electron chi connectivity index (χ1n) is 4.59.